The lowest BCUT2D eigenvalue weighted by molar-refractivity contribution is -0.386. The van der Waals surface area contributed by atoms with E-state index in [0.717, 1.165) is 6.07 Å². The molecule has 15 heavy (non-hydrogen) atoms. The normalized spacial score (nSPS) is 9.93. The smallest absolute Gasteiger partial charge is 0.313 e. The molecule has 0 aromatic heterocycles. The molecule has 0 atom stereocenters. The molecule has 80 valence electrons. The molecule has 0 saturated heterocycles. The Hall–Kier alpha value is -2.11. The van der Waals surface area contributed by atoms with Gasteiger partial charge in [0.15, 0.2) is 5.75 Å². The quantitative estimate of drug-likeness (QED) is 0.578. The molecular weight excluding hydrogens is 202 g/mol. The summed E-state index contributed by atoms with van der Waals surface area (Å²) in [6.45, 7) is 1.45. The maximum absolute atomic E-state index is 10.5. The fourth-order valence-electron chi connectivity index (χ4n) is 1.35. The van der Waals surface area contributed by atoms with E-state index in [1.807, 2.05) is 0 Å². The Morgan fingerprint density at radius 3 is 2.53 bits per heavy atom. The number of aryl methyl sites for hydroxylation is 1. The van der Waals surface area contributed by atoms with Crippen LogP contribution in [0.5, 0.6) is 5.75 Å². The standard InChI is InChI=1S/C9H9NO5/c1-5-2-6(4-8(12)13)3-7(11)9(5)10(14)15/h2-3,11H,4H2,1H3,(H,12,13). The van der Waals surface area contributed by atoms with Gasteiger partial charge in [0.25, 0.3) is 0 Å². The Kier molecular flexibility index (Phi) is 2.89. The first-order valence-electron chi connectivity index (χ1n) is 4.10. The van der Waals surface area contributed by atoms with Gasteiger partial charge in [-0.3, -0.25) is 14.9 Å². The number of benzene rings is 1. The number of hydrogen-bond donors (Lipinski definition) is 2. The zero-order chi connectivity index (χ0) is 11.6. The van der Waals surface area contributed by atoms with E-state index in [2.05, 4.69) is 0 Å². The molecule has 0 spiro atoms. The number of aliphatic carboxylic acids is 1. The van der Waals surface area contributed by atoms with Crippen LogP contribution in [0.4, 0.5) is 5.69 Å². The van der Waals surface area contributed by atoms with E-state index < -0.39 is 16.6 Å². The Balaban J connectivity index is 3.19. The van der Waals surface area contributed by atoms with Crippen LogP contribution in [0.2, 0.25) is 0 Å². The average Bonchev–Trinajstić information content (AvgIpc) is 1.99. The molecule has 0 saturated carbocycles. The van der Waals surface area contributed by atoms with Gasteiger partial charge in [-0.15, -0.1) is 0 Å². The second-order valence-electron chi connectivity index (χ2n) is 3.11. The van der Waals surface area contributed by atoms with Crippen molar-refractivity contribution in [3.05, 3.63) is 33.4 Å². The molecule has 0 amide bonds. The van der Waals surface area contributed by atoms with E-state index in [4.69, 9.17) is 5.11 Å². The van der Waals surface area contributed by atoms with E-state index in [0.29, 0.717) is 5.56 Å². The first-order valence-corrected chi connectivity index (χ1v) is 4.10. The van der Waals surface area contributed by atoms with Crippen LogP contribution in [0.15, 0.2) is 12.1 Å². The van der Waals surface area contributed by atoms with E-state index in [1.54, 1.807) is 0 Å². The highest BCUT2D eigenvalue weighted by Crippen LogP contribution is 2.30. The highest BCUT2D eigenvalue weighted by Gasteiger charge is 2.18. The number of carboxylic acid groups (broad SMARTS) is 1. The number of carboxylic acids is 1. The van der Waals surface area contributed by atoms with Gasteiger partial charge in [-0.2, -0.15) is 0 Å². The van der Waals surface area contributed by atoms with Crippen LogP contribution in [-0.4, -0.2) is 21.1 Å². The monoisotopic (exact) mass is 211 g/mol. The van der Waals surface area contributed by atoms with Crippen LogP contribution in [0.25, 0.3) is 0 Å². The Morgan fingerprint density at radius 1 is 1.53 bits per heavy atom. The fourth-order valence-corrected chi connectivity index (χ4v) is 1.35. The number of nitro benzene ring substituents is 1. The van der Waals surface area contributed by atoms with Crippen LogP contribution in [0, 0.1) is 17.0 Å². The largest absolute Gasteiger partial charge is 0.502 e. The molecule has 2 N–H and O–H groups in total. The Labute approximate surface area is 84.9 Å². The van der Waals surface area contributed by atoms with Crippen molar-refractivity contribution in [2.45, 2.75) is 13.3 Å². The van der Waals surface area contributed by atoms with E-state index in [-0.39, 0.29) is 17.7 Å². The van der Waals surface area contributed by atoms with Crippen LogP contribution in [0.1, 0.15) is 11.1 Å². The minimum Gasteiger partial charge on any atom is -0.502 e. The molecule has 0 unspecified atom stereocenters. The van der Waals surface area contributed by atoms with Gasteiger partial charge in [0.2, 0.25) is 0 Å². The third-order valence-corrected chi connectivity index (χ3v) is 1.88. The lowest BCUT2D eigenvalue weighted by Crippen LogP contribution is -2.01. The lowest BCUT2D eigenvalue weighted by Gasteiger charge is -2.03. The third-order valence-electron chi connectivity index (χ3n) is 1.88. The molecule has 0 aliphatic carbocycles. The molecule has 0 radical (unpaired) electrons. The molecule has 1 aromatic rings. The summed E-state index contributed by atoms with van der Waals surface area (Å²) >= 11 is 0. The van der Waals surface area contributed by atoms with E-state index in [1.165, 1.54) is 13.0 Å². The number of rotatable bonds is 3. The molecule has 0 heterocycles. The first-order chi connectivity index (χ1) is 6.91. The zero-order valence-electron chi connectivity index (χ0n) is 7.93. The summed E-state index contributed by atoms with van der Waals surface area (Å²) in [6, 6.07) is 2.48. The summed E-state index contributed by atoms with van der Waals surface area (Å²) in [4.78, 5) is 20.2. The molecule has 0 fully saturated rings. The van der Waals surface area contributed by atoms with Crippen molar-refractivity contribution in [3.8, 4) is 5.75 Å². The third kappa shape index (κ3) is 2.43. The SMILES string of the molecule is Cc1cc(CC(=O)O)cc(O)c1[N+](=O)[O-]. The summed E-state index contributed by atoms with van der Waals surface area (Å²) in [5.74, 6) is -1.56. The maximum atomic E-state index is 10.5. The minimum absolute atomic E-state index is 0.247. The van der Waals surface area contributed by atoms with Gasteiger partial charge in [-0.1, -0.05) is 0 Å². The number of carbonyl (C=O) groups is 1. The summed E-state index contributed by atoms with van der Waals surface area (Å²) in [6.07, 6.45) is -0.271. The summed E-state index contributed by atoms with van der Waals surface area (Å²) in [5, 5.41) is 28.3. The second-order valence-corrected chi connectivity index (χ2v) is 3.11. The van der Waals surface area contributed by atoms with Crippen LogP contribution >= 0.6 is 0 Å². The van der Waals surface area contributed by atoms with Crippen molar-refractivity contribution in [1.29, 1.82) is 0 Å². The highest BCUT2D eigenvalue weighted by atomic mass is 16.6. The predicted octanol–water partition coefficient (Wildman–Crippen LogP) is 1.24. The van der Waals surface area contributed by atoms with Crippen molar-refractivity contribution < 1.29 is 19.9 Å². The van der Waals surface area contributed by atoms with Crippen molar-refractivity contribution in [2.75, 3.05) is 0 Å². The first kappa shape index (κ1) is 11.0. The van der Waals surface area contributed by atoms with Crippen molar-refractivity contribution in [1.82, 2.24) is 0 Å². The maximum Gasteiger partial charge on any atom is 0.313 e. The van der Waals surface area contributed by atoms with E-state index in [9.17, 15) is 20.0 Å². The molecule has 0 bridgehead atoms. The van der Waals surface area contributed by atoms with Crippen molar-refractivity contribution in [2.24, 2.45) is 0 Å². The van der Waals surface area contributed by atoms with Gasteiger partial charge < -0.3 is 10.2 Å². The molecule has 0 aliphatic rings. The second kappa shape index (κ2) is 3.95. The lowest BCUT2D eigenvalue weighted by atomic mass is 10.1. The van der Waals surface area contributed by atoms with Gasteiger partial charge in [0.1, 0.15) is 0 Å². The summed E-state index contributed by atoms with van der Waals surface area (Å²) < 4.78 is 0. The molecule has 1 aromatic carbocycles. The van der Waals surface area contributed by atoms with Crippen LogP contribution in [0.3, 0.4) is 0 Å². The van der Waals surface area contributed by atoms with Gasteiger partial charge in [-0.05, 0) is 24.6 Å². The van der Waals surface area contributed by atoms with Gasteiger partial charge in [0.05, 0.1) is 11.3 Å². The number of phenolic OH excluding ortho intramolecular Hbond substituents is 1. The minimum atomic E-state index is -1.05. The van der Waals surface area contributed by atoms with Gasteiger partial charge in [-0.25, -0.2) is 0 Å². The number of hydrogen-bond acceptors (Lipinski definition) is 4. The van der Waals surface area contributed by atoms with Gasteiger partial charge >= 0.3 is 11.7 Å². The molecular formula is C9H9NO5. The predicted molar refractivity (Wildman–Crippen MR) is 50.8 cm³/mol. The Bertz CT molecular complexity index is 404. The zero-order valence-corrected chi connectivity index (χ0v) is 7.93. The number of aromatic hydroxyl groups is 1. The highest BCUT2D eigenvalue weighted by molar-refractivity contribution is 5.71. The number of phenols is 1. The molecule has 6 heteroatoms. The van der Waals surface area contributed by atoms with Crippen molar-refractivity contribution in [3.63, 3.8) is 0 Å². The average molecular weight is 211 g/mol. The van der Waals surface area contributed by atoms with Crippen LogP contribution in [-0.2, 0) is 11.2 Å². The van der Waals surface area contributed by atoms with Crippen molar-refractivity contribution >= 4 is 11.7 Å². The summed E-state index contributed by atoms with van der Waals surface area (Å²) in [5.41, 5.74) is 0.198. The fraction of sp³-hybridized carbons (Fsp3) is 0.222. The molecule has 0 aliphatic heterocycles. The van der Waals surface area contributed by atoms with Gasteiger partial charge in [0, 0.05) is 5.56 Å². The number of nitro groups is 1. The molecule has 1 rings (SSSR count). The van der Waals surface area contributed by atoms with Crippen LogP contribution < -0.4 is 0 Å². The van der Waals surface area contributed by atoms with E-state index >= 15 is 0 Å². The molecule has 6 nitrogen and oxygen atoms in total. The number of nitrogens with zero attached hydrogens (tertiary/aromatic N) is 1. The topological polar surface area (TPSA) is 101 Å². The summed E-state index contributed by atoms with van der Waals surface area (Å²) in [7, 11) is 0. The Morgan fingerprint density at radius 2 is 2.13 bits per heavy atom.